The minimum Gasteiger partial charge on any atom is -0.463 e. The molecule has 0 bridgehead atoms. The molecule has 0 radical (unpaired) electrons. The molecular formula is C22H33N3O3. The SMILES string of the molecule is CCNC(=NCC(C)(O)c1ccc(C)o1)NCCCOCCc1ccccc1. The van der Waals surface area contributed by atoms with Crippen molar-refractivity contribution >= 4 is 5.96 Å². The first kappa shape index (κ1) is 22.0. The minimum absolute atomic E-state index is 0.211. The second-order valence-corrected chi connectivity index (χ2v) is 7.01. The van der Waals surface area contributed by atoms with Crippen molar-refractivity contribution in [1.82, 2.24) is 10.6 Å². The Bertz CT molecular complexity index is 711. The van der Waals surface area contributed by atoms with Crippen LogP contribution in [0.25, 0.3) is 0 Å². The van der Waals surface area contributed by atoms with Crippen LogP contribution in [0.4, 0.5) is 0 Å². The molecule has 3 N–H and O–H groups in total. The fourth-order valence-corrected chi connectivity index (χ4v) is 2.69. The van der Waals surface area contributed by atoms with Crippen molar-refractivity contribution in [3.63, 3.8) is 0 Å². The summed E-state index contributed by atoms with van der Waals surface area (Å²) in [5, 5.41) is 17.1. The second kappa shape index (κ2) is 11.5. The molecule has 1 atom stereocenters. The maximum atomic E-state index is 10.6. The van der Waals surface area contributed by atoms with Gasteiger partial charge in [0.2, 0.25) is 0 Å². The Morgan fingerprint density at radius 2 is 1.93 bits per heavy atom. The first-order chi connectivity index (χ1) is 13.5. The second-order valence-electron chi connectivity index (χ2n) is 7.01. The van der Waals surface area contributed by atoms with Crippen molar-refractivity contribution in [1.29, 1.82) is 0 Å². The molecule has 0 aliphatic rings. The van der Waals surface area contributed by atoms with Crippen LogP contribution in [-0.4, -0.2) is 43.9 Å². The molecule has 0 saturated heterocycles. The highest BCUT2D eigenvalue weighted by Crippen LogP contribution is 2.22. The maximum absolute atomic E-state index is 10.6. The average molecular weight is 388 g/mol. The lowest BCUT2D eigenvalue weighted by atomic mass is 10.0. The Balaban J connectivity index is 1.68. The molecule has 2 rings (SSSR count). The highest BCUT2D eigenvalue weighted by Gasteiger charge is 2.26. The molecule has 1 heterocycles. The molecule has 0 aliphatic carbocycles. The Morgan fingerprint density at radius 3 is 2.61 bits per heavy atom. The van der Waals surface area contributed by atoms with Gasteiger partial charge in [0.15, 0.2) is 5.96 Å². The van der Waals surface area contributed by atoms with Gasteiger partial charge in [0.05, 0.1) is 13.2 Å². The third-order valence-corrected chi connectivity index (χ3v) is 4.30. The van der Waals surface area contributed by atoms with Gasteiger partial charge in [0.25, 0.3) is 0 Å². The number of rotatable bonds is 11. The largest absolute Gasteiger partial charge is 0.463 e. The van der Waals surface area contributed by atoms with E-state index in [2.05, 4.69) is 27.8 Å². The number of hydrogen-bond donors (Lipinski definition) is 3. The van der Waals surface area contributed by atoms with Crippen LogP contribution in [0.2, 0.25) is 0 Å². The third-order valence-electron chi connectivity index (χ3n) is 4.30. The Labute approximate surface area is 168 Å². The molecule has 0 spiro atoms. The molecule has 0 saturated carbocycles. The number of ether oxygens (including phenoxy) is 1. The summed E-state index contributed by atoms with van der Waals surface area (Å²) in [7, 11) is 0. The van der Waals surface area contributed by atoms with E-state index in [-0.39, 0.29) is 6.54 Å². The summed E-state index contributed by atoms with van der Waals surface area (Å²) in [6.07, 6.45) is 1.81. The molecule has 28 heavy (non-hydrogen) atoms. The summed E-state index contributed by atoms with van der Waals surface area (Å²) in [6.45, 7) is 8.71. The molecule has 6 heteroatoms. The minimum atomic E-state index is -1.14. The zero-order valence-electron chi connectivity index (χ0n) is 17.2. The molecule has 1 aromatic heterocycles. The van der Waals surface area contributed by atoms with Gasteiger partial charge in [0, 0.05) is 19.7 Å². The van der Waals surface area contributed by atoms with E-state index in [0.717, 1.165) is 38.3 Å². The first-order valence-corrected chi connectivity index (χ1v) is 9.94. The Kier molecular flexibility index (Phi) is 9.04. The van der Waals surface area contributed by atoms with Crippen LogP contribution in [0.5, 0.6) is 0 Å². The quantitative estimate of drug-likeness (QED) is 0.314. The normalized spacial score (nSPS) is 13.9. The summed E-state index contributed by atoms with van der Waals surface area (Å²) in [5.74, 6) is 1.98. The summed E-state index contributed by atoms with van der Waals surface area (Å²) in [6, 6.07) is 14.0. The summed E-state index contributed by atoms with van der Waals surface area (Å²) in [4.78, 5) is 4.49. The van der Waals surface area contributed by atoms with E-state index in [1.165, 1.54) is 5.56 Å². The van der Waals surface area contributed by atoms with Gasteiger partial charge in [-0.05, 0) is 51.3 Å². The van der Waals surface area contributed by atoms with Crippen molar-refractivity contribution in [2.24, 2.45) is 4.99 Å². The van der Waals surface area contributed by atoms with Crippen molar-refractivity contribution in [3.05, 3.63) is 59.5 Å². The number of aliphatic imine (C=N–C) groups is 1. The van der Waals surface area contributed by atoms with Crippen LogP contribution in [0.15, 0.2) is 51.9 Å². The topological polar surface area (TPSA) is 79.0 Å². The van der Waals surface area contributed by atoms with Crippen LogP contribution < -0.4 is 10.6 Å². The van der Waals surface area contributed by atoms with Crippen LogP contribution in [0.1, 0.15) is 37.4 Å². The monoisotopic (exact) mass is 387 g/mol. The van der Waals surface area contributed by atoms with Gasteiger partial charge in [-0.1, -0.05) is 30.3 Å². The van der Waals surface area contributed by atoms with Gasteiger partial charge < -0.3 is 24.9 Å². The molecule has 0 fully saturated rings. The van der Waals surface area contributed by atoms with Crippen LogP contribution in [0, 0.1) is 6.92 Å². The lowest BCUT2D eigenvalue weighted by molar-refractivity contribution is 0.0428. The highest BCUT2D eigenvalue weighted by atomic mass is 16.5. The van der Waals surface area contributed by atoms with Gasteiger partial charge in [-0.25, -0.2) is 4.99 Å². The number of nitrogens with one attached hydrogen (secondary N) is 2. The van der Waals surface area contributed by atoms with E-state index < -0.39 is 5.60 Å². The zero-order valence-corrected chi connectivity index (χ0v) is 17.2. The van der Waals surface area contributed by atoms with Gasteiger partial charge in [-0.2, -0.15) is 0 Å². The van der Waals surface area contributed by atoms with Crippen LogP contribution in [0.3, 0.4) is 0 Å². The van der Waals surface area contributed by atoms with Gasteiger partial charge in [-0.15, -0.1) is 0 Å². The maximum Gasteiger partial charge on any atom is 0.191 e. The summed E-state index contributed by atoms with van der Waals surface area (Å²) < 4.78 is 11.2. The summed E-state index contributed by atoms with van der Waals surface area (Å²) >= 11 is 0. The molecule has 0 amide bonds. The summed E-state index contributed by atoms with van der Waals surface area (Å²) in [5.41, 5.74) is 0.151. The molecule has 0 aliphatic heterocycles. The number of benzene rings is 1. The van der Waals surface area contributed by atoms with Crippen molar-refractivity contribution in [2.45, 2.75) is 39.2 Å². The predicted octanol–water partition coefficient (Wildman–Crippen LogP) is 3.00. The van der Waals surface area contributed by atoms with E-state index in [9.17, 15) is 5.11 Å². The molecule has 1 aromatic carbocycles. The number of aliphatic hydroxyl groups is 1. The highest BCUT2D eigenvalue weighted by molar-refractivity contribution is 5.79. The molecular weight excluding hydrogens is 354 g/mol. The molecule has 1 unspecified atom stereocenters. The fraction of sp³-hybridized carbons (Fsp3) is 0.500. The molecule has 2 aromatic rings. The van der Waals surface area contributed by atoms with Gasteiger partial charge in [-0.3, -0.25) is 0 Å². The van der Waals surface area contributed by atoms with E-state index in [1.807, 2.05) is 38.1 Å². The first-order valence-electron chi connectivity index (χ1n) is 9.94. The van der Waals surface area contributed by atoms with Crippen molar-refractivity contribution in [2.75, 3.05) is 32.8 Å². The smallest absolute Gasteiger partial charge is 0.191 e. The number of guanidine groups is 1. The molecule has 6 nitrogen and oxygen atoms in total. The predicted molar refractivity (Wildman–Crippen MR) is 113 cm³/mol. The van der Waals surface area contributed by atoms with E-state index >= 15 is 0 Å². The average Bonchev–Trinajstić information content (AvgIpc) is 3.13. The van der Waals surface area contributed by atoms with Crippen molar-refractivity contribution in [3.8, 4) is 0 Å². The molecule has 154 valence electrons. The number of aryl methyl sites for hydroxylation is 1. The lowest BCUT2D eigenvalue weighted by Crippen LogP contribution is -2.39. The van der Waals surface area contributed by atoms with Crippen LogP contribution in [-0.2, 0) is 16.8 Å². The number of hydrogen-bond acceptors (Lipinski definition) is 4. The Morgan fingerprint density at radius 1 is 1.14 bits per heavy atom. The number of furan rings is 1. The van der Waals surface area contributed by atoms with E-state index in [4.69, 9.17) is 9.15 Å². The van der Waals surface area contributed by atoms with Gasteiger partial charge in [0.1, 0.15) is 17.1 Å². The van der Waals surface area contributed by atoms with E-state index in [1.54, 1.807) is 13.0 Å². The third kappa shape index (κ3) is 7.74. The lowest BCUT2D eigenvalue weighted by Gasteiger charge is -2.19. The standard InChI is InChI=1S/C22H33N3O3/c1-4-23-21(25-17-22(3,26)20-12-11-18(2)28-20)24-14-8-15-27-16-13-19-9-6-5-7-10-19/h5-7,9-12,26H,4,8,13-17H2,1-3H3,(H2,23,24,25). The van der Waals surface area contributed by atoms with Crippen LogP contribution >= 0.6 is 0 Å². The number of nitrogens with zero attached hydrogens (tertiary/aromatic N) is 1. The van der Waals surface area contributed by atoms with E-state index in [0.29, 0.717) is 18.3 Å². The fourth-order valence-electron chi connectivity index (χ4n) is 2.69. The Hall–Kier alpha value is -2.31. The van der Waals surface area contributed by atoms with Crippen molar-refractivity contribution < 1.29 is 14.3 Å². The van der Waals surface area contributed by atoms with Gasteiger partial charge >= 0.3 is 0 Å². The zero-order chi connectivity index (χ0) is 20.2.